The van der Waals surface area contributed by atoms with Gasteiger partial charge in [-0.15, -0.1) is 0 Å². The van der Waals surface area contributed by atoms with Crippen LogP contribution in [-0.4, -0.2) is 21.7 Å². The highest BCUT2D eigenvalue weighted by molar-refractivity contribution is 6.29. The van der Waals surface area contributed by atoms with Crippen LogP contribution in [0.5, 0.6) is 5.75 Å². The molecular formula is C21H17NO3. The number of aromatic hydroxyl groups is 1. The molecule has 4 rings (SSSR count). The van der Waals surface area contributed by atoms with Crippen molar-refractivity contribution in [3.63, 3.8) is 0 Å². The second-order valence-electron chi connectivity index (χ2n) is 6.71. The van der Waals surface area contributed by atoms with Crippen LogP contribution in [0.15, 0.2) is 48.5 Å². The van der Waals surface area contributed by atoms with Crippen molar-refractivity contribution < 1.29 is 14.7 Å². The summed E-state index contributed by atoms with van der Waals surface area (Å²) in [5.41, 5.74) is 2.73. The minimum absolute atomic E-state index is 0.118. The number of nitrogens with zero attached hydrogens (tertiary/aromatic N) is 1. The molecule has 1 heterocycles. The van der Waals surface area contributed by atoms with E-state index in [0.717, 1.165) is 10.9 Å². The van der Waals surface area contributed by atoms with Crippen LogP contribution in [0.1, 0.15) is 57.7 Å². The van der Waals surface area contributed by atoms with Gasteiger partial charge in [-0.25, -0.2) is 4.98 Å². The van der Waals surface area contributed by atoms with E-state index in [1.54, 1.807) is 30.3 Å². The first-order chi connectivity index (χ1) is 12.0. The van der Waals surface area contributed by atoms with Crippen molar-refractivity contribution in [3.8, 4) is 5.75 Å². The van der Waals surface area contributed by atoms with E-state index in [9.17, 15) is 14.7 Å². The molecule has 0 amide bonds. The van der Waals surface area contributed by atoms with E-state index in [1.165, 1.54) is 0 Å². The molecule has 0 atom stereocenters. The molecular weight excluding hydrogens is 314 g/mol. The van der Waals surface area contributed by atoms with Gasteiger partial charge in [0.15, 0.2) is 11.6 Å². The fraction of sp³-hybridized carbons (Fsp3) is 0.190. The average Bonchev–Trinajstić information content (AvgIpc) is 2.85. The van der Waals surface area contributed by atoms with E-state index < -0.39 is 5.92 Å². The van der Waals surface area contributed by atoms with Crippen molar-refractivity contribution in [2.45, 2.75) is 25.7 Å². The molecule has 1 aromatic heterocycles. The number of pyridine rings is 1. The number of hydrogen-bond donors (Lipinski definition) is 1. The van der Waals surface area contributed by atoms with Gasteiger partial charge in [-0.1, -0.05) is 44.2 Å². The summed E-state index contributed by atoms with van der Waals surface area (Å²) < 4.78 is 0. The highest BCUT2D eigenvalue weighted by Crippen LogP contribution is 2.38. The predicted octanol–water partition coefficient (Wildman–Crippen LogP) is 4.23. The number of benzene rings is 2. The Morgan fingerprint density at radius 1 is 0.960 bits per heavy atom. The Labute approximate surface area is 145 Å². The molecule has 25 heavy (non-hydrogen) atoms. The summed E-state index contributed by atoms with van der Waals surface area (Å²) in [6.45, 7) is 4.19. The molecule has 0 aliphatic heterocycles. The second kappa shape index (κ2) is 5.52. The van der Waals surface area contributed by atoms with Gasteiger partial charge in [-0.2, -0.15) is 0 Å². The molecule has 4 nitrogen and oxygen atoms in total. The van der Waals surface area contributed by atoms with Crippen molar-refractivity contribution >= 4 is 22.5 Å². The van der Waals surface area contributed by atoms with Gasteiger partial charge in [0, 0.05) is 16.5 Å². The van der Waals surface area contributed by atoms with Crippen LogP contribution in [0.4, 0.5) is 0 Å². The van der Waals surface area contributed by atoms with Gasteiger partial charge >= 0.3 is 0 Å². The summed E-state index contributed by atoms with van der Waals surface area (Å²) in [5, 5.41) is 11.2. The Morgan fingerprint density at radius 2 is 1.60 bits per heavy atom. The SMILES string of the molecule is CC(C)c1ccc2nc(C3C(=O)c4ccccc4C3=O)c(O)cc2c1. The fourth-order valence-corrected chi connectivity index (χ4v) is 3.36. The lowest BCUT2D eigenvalue weighted by atomic mass is 9.96. The Bertz CT molecular complexity index is 1000. The summed E-state index contributed by atoms with van der Waals surface area (Å²) in [6, 6.07) is 14.2. The van der Waals surface area contributed by atoms with E-state index >= 15 is 0 Å². The lowest BCUT2D eigenvalue weighted by molar-refractivity contribution is 0.0886. The Morgan fingerprint density at radius 3 is 2.20 bits per heavy atom. The number of carbonyl (C=O) groups is 2. The maximum atomic E-state index is 12.7. The summed E-state index contributed by atoms with van der Waals surface area (Å²) in [5.74, 6) is -1.43. The minimum atomic E-state index is -1.06. The van der Waals surface area contributed by atoms with Crippen LogP contribution < -0.4 is 0 Å². The summed E-state index contributed by atoms with van der Waals surface area (Å²) in [6.07, 6.45) is 0. The number of aromatic nitrogens is 1. The smallest absolute Gasteiger partial charge is 0.180 e. The van der Waals surface area contributed by atoms with Crippen LogP contribution in [0.25, 0.3) is 10.9 Å². The monoisotopic (exact) mass is 331 g/mol. The van der Waals surface area contributed by atoms with Gasteiger partial charge in [0.25, 0.3) is 0 Å². The zero-order valence-electron chi connectivity index (χ0n) is 14.0. The number of fused-ring (bicyclic) bond motifs is 2. The number of ketones is 2. The zero-order chi connectivity index (χ0) is 17.7. The van der Waals surface area contributed by atoms with Crippen LogP contribution in [0.2, 0.25) is 0 Å². The molecule has 3 aromatic rings. The van der Waals surface area contributed by atoms with Crippen molar-refractivity contribution in [2.24, 2.45) is 0 Å². The average molecular weight is 331 g/mol. The first-order valence-electron chi connectivity index (χ1n) is 8.28. The highest BCUT2D eigenvalue weighted by Gasteiger charge is 2.41. The second-order valence-corrected chi connectivity index (χ2v) is 6.71. The molecule has 2 aromatic carbocycles. The molecule has 0 fully saturated rings. The third-order valence-corrected chi connectivity index (χ3v) is 4.77. The summed E-state index contributed by atoms with van der Waals surface area (Å²) in [7, 11) is 0. The fourth-order valence-electron chi connectivity index (χ4n) is 3.36. The van der Waals surface area contributed by atoms with Gasteiger partial charge in [0.1, 0.15) is 17.4 Å². The Kier molecular flexibility index (Phi) is 3.42. The summed E-state index contributed by atoms with van der Waals surface area (Å²) >= 11 is 0. The maximum absolute atomic E-state index is 12.7. The zero-order valence-corrected chi connectivity index (χ0v) is 14.0. The van der Waals surface area contributed by atoms with Gasteiger partial charge in [-0.05, 0) is 29.7 Å². The lowest BCUT2D eigenvalue weighted by Crippen LogP contribution is -2.14. The first kappa shape index (κ1) is 15.5. The Balaban J connectivity index is 1.85. The van der Waals surface area contributed by atoms with E-state index in [2.05, 4.69) is 18.8 Å². The topological polar surface area (TPSA) is 67.3 Å². The predicted molar refractivity (Wildman–Crippen MR) is 95.3 cm³/mol. The van der Waals surface area contributed by atoms with Gasteiger partial charge in [-0.3, -0.25) is 9.59 Å². The molecule has 0 radical (unpaired) electrons. The number of rotatable bonds is 2. The van der Waals surface area contributed by atoms with Crippen molar-refractivity contribution in [2.75, 3.05) is 0 Å². The minimum Gasteiger partial charge on any atom is -0.506 e. The molecule has 0 spiro atoms. The quantitative estimate of drug-likeness (QED) is 0.714. The van der Waals surface area contributed by atoms with E-state index in [4.69, 9.17) is 0 Å². The first-order valence-corrected chi connectivity index (χ1v) is 8.28. The van der Waals surface area contributed by atoms with E-state index in [1.807, 2.05) is 18.2 Å². The number of carbonyl (C=O) groups excluding carboxylic acids is 2. The third kappa shape index (κ3) is 2.33. The van der Waals surface area contributed by atoms with Crippen LogP contribution in [0.3, 0.4) is 0 Å². The molecule has 1 aliphatic rings. The summed E-state index contributed by atoms with van der Waals surface area (Å²) in [4.78, 5) is 29.8. The molecule has 0 saturated heterocycles. The maximum Gasteiger partial charge on any atom is 0.180 e. The largest absolute Gasteiger partial charge is 0.506 e. The lowest BCUT2D eigenvalue weighted by Gasteiger charge is -2.12. The molecule has 0 unspecified atom stereocenters. The number of Topliss-reactive ketones (excluding diaryl/α,β-unsaturated/α-hetero) is 2. The third-order valence-electron chi connectivity index (χ3n) is 4.77. The van der Waals surface area contributed by atoms with Gasteiger partial charge < -0.3 is 5.11 Å². The molecule has 1 aliphatic carbocycles. The van der Waals surface area contributed by atoms with Gasteiger partial charge in [0.2, 0.25) is 0 Å². The van der Waals surface area contributed by atoms with Crippen LogP contribution >= 0.6 is 0 Å². The molecule has 4 heteroatoms. The van der Waals surface area contributed by atoms with E-state index in [0.29, 0.717) is 22.6 Å². The Hall–Kier alpha value is -3.01. The van der Waals surface area contributed by atoms with Crippen LogP contribution in [0, 0.1) is 0 Å². The molecule has 124 valence electrons. The van der Waals surface area contributed by atoms with E-state index in [-0.39, 0.29) is 23.0 Å². The van der Waals surface area contributed by atoms with Crippen LogP contribution in [-0.2, 0) is 0 Å². The van der Waals surface area contributed by atoms with Gasteiger partial charge in [0.05, 0.1) is 5.52 Å². The van der Waals surface area contributed by atoms with Crippen molar-refractivity contribution in [3.05, 3.63) is 70.9 Å². The molecule has 0 bridgehead atoms. The highest BCUT2D eigenvalue weighted by atomic mass is 16.3. The normalized spacial score (nSPS) is 14.5. The number of hydrogen-bond acceptors (Lipinski definition) is 4. The van der Waals surface area contributed by atoms with Crippen molar-refractivity contribution in [1.29, 1.82) is 0 Å². The standard InChI is InChI=1S/C21H17NO3/c1-11(2)12-7-8-16-13(9-12)10-17(23)19(22-16)18-20(24)14-5-3-4-6-15(14)21(18)25/h3-11,18,23H,1-2H3. The molecule has 0 saturated carbocycles. The molecule has 1 N–H and O–H groups in total. The van der Waals surface area contributed by atoms with Crippen molar-refractivity contribution in [1.82, 2.24) is 4.98 Å².